The summed E-state index contributed by atoms with van der Waals surface area (Å²) in [5.74, 6) is 0.932. The molecule has 0 bridgehead atoms. The summed E-state index contributed by atoms with van der Waals surface area (Å²) >= 11 is 1.64. The van der Waals surface area contributed by atoms with Crippen molar-refractivity contribution in [2.45, 2.75) is 33.4 Å². The van der Waals surface area contributed by atoms with Crippen LogP contribution < -0.4 is 15.4 Å². The highest BCUT2D eigenvalue weighted by atomic mass is 32.1. The first-order valence-corrected chi connectivity index (χ1v) is 7.14. The molecule has 2 aromatic heterocycles. The molecule has 2 heterocycles. The molecule has 0 saturated heterocycles. The van der Waals surface area contributed by atoms with Crippen LogP contribution in [-0.4, -0.2) is 33.1 Å². The maximum Gasteiger partial charge on any atom is 0.323 e. The summed E-state index contributed by atoms with van der Waals surface area (Å²) in [4.78, 5) is 18.1. The van der Waals surface area contributed by atoms with Crippen LogP contribution >= 0.6 is 11.3 Å². The molecule has 0 aliphatic rings. The number of nitrogens with zero attached hydrogens (tertiary/aromatic N) is 4. The lowest BCUT2D eigenvalue weighted by Crippen LogP contribution is -2.12. The highest BCUT2D eigenvalue weighted by molar-refractivity contribution is 7.11. The lowest BCUT2D eigenvalue weighted by Gasteiger charge is -2.10. The molecule has 8 heteroatoms. The highest BCUT2D eigenvalue weighted by Gasteiger charge is 2.08. The Morgan fingerprint density at radius 2 is 2.00 bits per heavy atom. The topological polar surface area (TPSA) is 84.9 Å². The average Bonchev–Trinajstić information content (AvgIpc) is 2.81. The first-order valence-electron chi connectivity index (χ1n) is 6.32. The van der Waals surface area contributed by atoms with Crippen molar-refractivity contribution in [3.8, 4) is 6.01 Å². The Balaban J connectivity index is 2.09. The number of ether oxygens (including phenoxy) is 1. The second-order valence-corrected chi connectivity index (χ2v) is 5.72. The van der Waals surface area contributed by atoms with Crippen molar-refractivity contribution >= 4 is 23.2 Å². The van der Waals surface area contributed by atoms with E-state index in [1.54, 1.807) is 18.4 Å². The molecule has 0 unspecified atom stereocenters. The van der Waals surface area contributed by atoms with Gasteiger partial charge in [0.25, 0.3) is 0 Å². The molecule has 0 atom stereocenters. The quantitative estimate of drug-likeness (QED) is 0.843. The Bertz CT molecular complexity index is 571. The maximum absolute atomic E-state index is 5.50. The third-order valence-electron chi connectivity index (χ3n) is 2.25. The molecule has 20 heavy (non-hydrogen) atoms. The first kappa shape index (κ1) is 14.4. The third kappa shape index (κ3) is 4.02. The van der Waals surface area contributed by atoms with Crippen LogP contribution in [0.3, 0.4) is 0 Å². The van der Waals surface area contributed by atoms with Crippen LogP contribution in [0, 0.1) is 6.92 Å². The van der Waals surface area contributed by atoms with Gasteiger partial charge in [-0.25, -0.2) is 4.98 Å². The Morgan fingerprint density at radius 3 is 2.60 bits per heavy atom. The second-order valence-electron chi connectivity index (χ2n) is 4.40. The minimum Gasteiger partial charge on any atom is -0.461 e. The number of aromatic nitrogens is 4. The third-order valence-corrected chi connectivity index (χ3v) is 3.16. The van der Waals surface area contributed by atoms with E-state index in [4.69, 9.17) is 4.74 Å². The summed E-state index contributed by atoms with van der Waals surface area (Å²) in [5.41, 5.74) is 0. The van der Waals surface area contributed by atoms with Crippen molar-refractivity contribution in [1.29, 1.82) is 0 Å². The van der Waals surface area contributed by atoms with E-state index < -0.39 is 0 Å². The van der Waals surface area contributed by atoms with Gasteiger partial charge >= 0.3 is 6.01 Å². The number of rotatable bonds is 6. The monoisotopic (exact) mass is 294 g/mol. The van der Waals surface area contributed by atoms with Crippen LogP contribution in [-0.2, 0) is 6.54 Å². The predicted octanol–water partition coefficient (Wildman–Crippen LogP) is 2.08. The maximum atomic E-state index is 5.50. The molecule has 0 saturated carbocycles. The van der Waals surface area contributed by atoms with E-state index in [9.17, 15) is 0 Å². The molecule has 0 aliphatic heterocycles. The van der Waals surface area contributed by atoms with Crippen molar-refractivity contribution in [2.24, 2.45) is 0 Å². The van der Waals surface area contributed by atoms with Gasteiger partial charge in [-0.15, -0.1) is 11.3 Å². The standard InChI is InChI=1S/C12H18N6OS/c1-7(2)19-12-17-10(13-4)16-11(18-12)15-6-9-14-5-8(3)20-9/h5,7H,6H2,1-4H3,(H2,13,15,16,17,18). The molecule has 0 spiro atoms. The van der Waals surface area contributed by atoms with Crippen LogP contribution in [0.25, 0.3) is 0 Å². The summed E-state index contributed by atoms with van der Waals surface area (Å²) in [6.45, 7) is 6.45. The van der Waals surface area contributed by atoms with Gasteiger partial charge in [-0.2, -0.15) is 15.0 Å². The van der Waals surface area contributed by atoms with Crippen LogP contribution in [0.4, 0.5) is 11.9 Å². The van der Waals surface area contributed by atoms with Crippen LogP contribution in [0.15, 0.2) is 6.20 Å². The zero-order valence-electron chi connectivity index (χ0n) is 12.0. The smallest absolute Gasteiger partial charge is 0.323 e. The van der Waals surface area contributed by atoms with E-state index in [2.05, 4.69) is 30.6 Å². The van der Waals surface area contributed by atoms with Crippen molar-refractivity contribution in [3.05, 3.63) is 16.1 Å². The fourth-order valence-corrected chi connectivity index (χ4v) is 2.18. The highest BCUT2D eigenvalue weighted by Crippen LogP contribution is 2.15. The lowest BCUT2D eigenvalue weighted by molar-refractivity contribution is 0.222. The second kappa shape index (κ2) is 6.47. The van der Waals surface area contributed by atoms with Gasteiger partial charge in [0.2, 0.25) is 11.9 Å². The summed E-state index contributed by atoms with van der Waals surface area (Å²) < 4.78 is 5.50. The first-order chi connectivity index (χ1) is 9.56. The molecule has 0 radical (unpaired) electrons. The van der Waals surface area contributed by atoms with E-state index in [-0.39, 0.29) is 6.10 Å². The van der Waals surface area contributed by atoms with E-state index >= 15 is 0 Å². The van der Waals surface area contributed by atoms with Crippen molar-refractivity contribution < 1.29 is 4.74 Å². The Morgan fingerprint density at radius 1 is 1.25 bits per heavy atom. The number of aryl methyl sites for hydroxylation is 1. The molecule has 2 rings (SSSR count). The minimum absolute atomic E-state index is 0.0107. The van der Waals surface area contributed by atoms with Gasteiger partial charge in [0, 0.05) is 18.1 Å². The largest absolute Gasteiger partial charge is 0.461 e. The normalized spacial score (nSPS) is 10.7. The van der Waals surface area contributed by atoms with Gasteiger partial charge in [-0.1, -0.05) is 0 Å². The average molecular weight is 294 g/mol. The molecule has 0 aromatic carbocycles. The van der Waals surface area contributed by atoms with Gasteiger partial charge in [-0.05, 0) is 20.8 Å². The molecule has 0 amide bonds. The Labute approximate surface area is 121 Å². The van der Waals surface area contributed by atoms with Gasteiger partial charge in [0.15, 0.2) is 0 Å². The van der Waals surface area contributed by atoms with E-state index in [1.165, 1.54) is 4.88 Å². The van der Waals surface area contributed by atoms with Gasteiger partial charge in [0.1, 0.15) is 5.01 Å². The van der Waals surface area contributed by atoms with Crippen LogP contribution in [0.5, 0.6) is 6.01 Å². The molecular weight excluding hydrogens is 276 g/mol. The Kier molecular flexibility index (Phi) is 4.67. The summed E-state index contributed by atoms with van der Waals surface area (Å²) in [6, 6.07) is 0.303. The molecular formula is C12H18N6OS. The van der Waals surface area contributed by atoms with Crippen LogP contribution in [0.2, 0.25) is 0 Å². The van der Waals surface area contributed by atoms with Crippen molar-refractivity contribution in [3.63, 3.8) is 0 Å². The van der Waals surface area contributed by atoms with E-state index in [0.717, 1.165) is 5.01 Å². The predicted molar refractivity (Wildman–Crippen MR) is 79.3 cm³/mol. The molecule has 2 N–H and O–H groups in total. The fourth-order valence-electron chi connectivity index (χ4n) is 1.45. The van der Waals surface area contributed by atoms with E-state index in [0.29, 0.717) is 24.5 Å². The lowest BCUT2D eigenvalue weighted by atomic mass is 10.5. The van der Waals surface area contributed by atoms with E-state index in [1.807, 2.05) is 27.0 Å². The fraction of sp³-hybridized carbons (Fsp3) is 0.500. The minimum atomic E-state index is 0.0107. The zero-order valence-corrected chi connectivity index (χ0v) is 12.8. The summed E-state index contributed by atoms with van der Waals surface area (Å²) in [5, 5.41) is 7.00. The molecule has 2 aromatic rings. The molecule has 108 valence electrons. The van der Waals surface area contributed by atoms with Gasteiger partial charge in [0.05, 0.1) is 12.6 Å². The molecule has 0 fully saturated rings. The SMILES string of the molecule is CNc1nc(NCc2ncc(C)s2)nc(OC(C)C)n1. The van der Waals surface area contributed by atoms with Crippen LogP contribution in [0.1, 0.15) is 23.7 Å². The number of thiazole rings is 1. The number of nitrogens with one attached hydrogen (secondary N) is 2. The molecule has 7 nitrogen and oxygen atoms in total. The number of hydrogen-bond acceptors (Lipinski definition) is 8. The number of anilines is 2. The number of hydrogen-bond donors (Lipinski definition) is 2. The van der Waals surface area contributed by atoms with Crippen molar-refractivity contribution in [1.82, 2.24) is 19.9 Å². The Hall–Kier alpha value is -1.96. The van der Waals surface area contributed by atoms with Gasteiger partial charge < -0.3 is 15.4 Å². The van der Waals surface area contributed by atoms with Gasteiger partial charge in [-0.3, -0.25) is 0 Å². The van der Waals surface area contributed by atoms with Crippen molar-refractivity contribution in [2.75, 3.05) is 17.7 Å². The molecule has 0 aliphatic carbocycles. The summed E-state index contributed by atoms with van der Waals surface area (Å²) in [7, 11) is 1.75. The summed E-state index contributed by atoms with van der Waals surface area (Å²) in [6.07, 6.45) is 1.86. The zero-order chi connectivity index (χ0) is 14.5.